The Morgan fingerprint density at radius 3 is 1.39 bits per heavy atom. The number of aryl methyl sites for hydroxylation is 1. The highest BCUT2D eigenvalue weighted by Crippen LogP contribution is 2.48. The zero-order chi connectivity index (χ0) is 24.2. The molecule has 0 fully saturated rings. The second kappa shape index (κ2) is 7.87. The third-order valence-electron chi connectivity index (χ3n) is 5.76. The van der Waals surface area contributed by atoms with E-state index in [0.717, 1.165) is 22.6 Å². The summed E-state index contributed by atoms with van der Waals surface area (Å²) in [5.74, 6) is 2.00. The van der Waals surface area contributed by atoms with E-state index >= 15 is 0 Å². The van der Waals surface area contributed by atoms with Crippen LogP contribution in [0.5, 0.6) is 17.2 Å². The summed E-state index contributed by atoms with van der Waals surface area (Å²) < 4.78 is 6.79. The Bertz CT molecular complexity index is 917. The monoisotopic (exact) mass is 424 g/mol. The van der Waals surface area contributed by atoms with Gasteiger partial charge in [-0.2, -0.15) is 0 Å². The Kier molecular flexibility index (Phi) is 6.42. The van der Waals surface area contributed by atoms with E-state index in [-0.39, 0.29) is 21.7 Å². The van der Waals surface area contributed by atoms with Gasteiger partial charge in [0.15, 0.2) is 0 Å². The van der Waals surface area contributed by atoms with Crippen LogP contribution in [0, 0.1) is 6.92 Å². The Morgan fingerprint density at radius 1 is 0.613 bits per heavy atom. The number of phenols is 1. The van der Waals surface area contributed by atoms with Gasteiger partial charge in [-0.1, -0.05) is 107 Å². The summed E-state index contributed by atoms with van der Waals surface area (Å²) in [6.45, 7) is 28.3. The predicted octanol–water partition coefficient (Wildman–Crippen LogP) is 8.68. The molecular weight excluding hydrogens is 380 g/mol. The third kappa shape index (κ3) is 5.45. The van der Waals surface area contributed by atoms with Crippen molar-refractivity contribution < 1.29 is 9.84 Å². The van der Waals surface area contributed by atoms with Gasteiger partial charge in [-0.05, 0) is 40.2 Å². The molecule has 0 aromatic heterocycles. The van der Waals surface area contributed by atoms with Gasteiger partial charge in [0.1, 0.15) is 17.2 Å². The molecule has 0 aliphatic rings. The van der Waals surface area contributed by atoms with Crippen LogP contribution in [0.1, 0.15) is 111 Å². The number of hydrogen-bond acceptors (Lipinski definition) is 2. The smallest absolute Gasteiger partial charge is 0.134 e. The summed E-state index contributed by atoms with van der Waals surface area (Å²) in [5, 5.41) is 11.3. The van der Waals surface area contributed by atoms with Crippen molar-refractivity contribution in [1.29, 1.82) is 0 Å². The van der Waals surface area contributed by atoms with E-state index in [1.165, 1.54) is 16.7 Å². The van der Waals surface area contributed by atoms with Crippen molar-refractivity contribution in [1.82, 2.24) is 0 Å². The van der Waals surface area contributed by atoms with E-state index in [1.807, 2.05) is 12.1 Å². The van der Waals surface area contributed by atoms with Gasteiger partial charge in [0.25, 0.3) is 0 Å². The van der Waals surface area contributed by atoms with Crippen LogP contribution >= 0.6 is 0 Å². The van der Waals surface area contributed by atoms with Gasteiger partial charge in [-0.25, -0.2) is 0 Å². The molecule has 0 aliphatic heterocycles. The molecule has 0 radical (unpaired) electrons. The second-order valence-electron chi connectivity index (χ2n) is 13.1. The summed E-state index contributed by atoms with van der Waals surface area (Å²) in [5.41, 5.74) is 4.86. The van der Waals surface area contributed by atoms with E-state index in [4.69, 9.17) is 4.74 Å². The first-order valence-corrected chi connectivity index (χ1v) is 11.4. The van der Waals surface area contributed by atoms with E-state index in [9.17, 15) is 5.11 Å². The van der Waals surface area contributed by atoms with Gasteiger partial charge in [0.05, 0.1) is 0 Å². The van der Waals surface area contributed by atoms with E-state index in [1.54, 1.807) is 0 Å². The fraction of sp³-hybridized carbons (Fsp3) is 0.586. The molecule has 0 spiro atoms. The molecule has 2 aromatic carbocycles. The SMILES string of the molecule is Cc1cc(C(C)(C)C)c(Oc2ccc(C(C)(C)C)c(O)c2C(C)(C)C)c(C(C)(C)C)c1. The molecule has 0 heterocycles. The molecule has 1 N–H and O–H groups in total. The van der Waals surface area contributed by atoms with Crippen LogP contribution in [0.2, 0.25) is 0 Å². The minimum Gasteiger partial charge on any atom is -0.507 e. The van der Waals surface area contributed by atoms with Crippen molar-refractivity contribution in [2.24, 2.45) is 0 Å². The standard InChI is InChI=1S/C29H44O2/c1-18-16-20(27(5,6)7)25(21(17-18)28(8,9)10)31-22-15-14-19(26(2,3)4)24(30)23(22)29(11,12)13/h14-17,30H,1-13H3. The van der Waals surface area contributed by atoms with Gasteiger partial charge < -0.3 is 9.84 Å². The maximum Gasteiger partial charge on any atom is 0.134 e. The van der Waals surface area contributed by atoms with Crippen LogP contribution in [-0.2, 0) is 21.7 Å². The number of benzene rings is 2. The molecule has 0 aliphatic carbocycles. The molecule has 2 heteroatoms. The molecular formula is C29H44O2. The molecule has 172 valence electrons. The van der Waals surface area contributed by atoms with Crippen molar-refractivity contribution in [3.05, 3.63) is 52.1 Å². The average molecular weight is 425 g/mol. The Hall–Kier alpha value is -1.96. The van der Waals surface area contributed by atoms with Crippen LogP contribution in [0.4, 0.5) is 0 Å². The minimum absolute atomic E-state index is 0.0728. The number of hydrogen-bond donors (Lipinski definition) is 1. The average Bonchev–Trinajstić information content (AvgIpc) is 2.51. The van der Waals surface area contributed by atoms with E-state index < -0.39 is 0 Å². The van der Waals surface area contributed by atoms with E-state index in [0.29, 0.717) is 5.75 Å². The van der Waals surface area contributed by atoms with Crippen molar-refractivity contribution >= 4 is 0 Å². The third-order valence-corrected chi connectivity index (χ3v) is 5.76. The van der Waals surface area contributed by atoms with Crippen molar-refractivity contribution in [3.63, 3.8) is 0 Å². The molecule has 2 nitrogen and oxygen atoms in total. The first-order chi connectivity index (χ1) is 13.7. The molecule has 0 unspecified atom stereocenters. The summed E-state index contributed by atoms with van der Waals surface area (Å²) >= 11 is 0. The Balaban J connectivity index is 2.87. The lowest BCUT2D eigenvalue weighted by Gasteiger charge is -2.33. The highest BCUT2D eigenvalue weighted by Gasteiger charge is 2.32. The van der Waals surface area contributed by atoms with Crippen LogP contribution in [0.15, 0.2) is 24.3 Å². The number of phenolic OH excluding ortho intramolecular Hbond substituents is 1. The summed E-state index contributed by atoms with van der Waals surface area (Å²) in [6, 6.07) is 8.54. The second-order valence-corrected chi connectivity index (χ2v) is 13.1. The lowest BCUT2D eigenvalue weighted by Crippen LogP contribution is -2.21. The molecule has 0 saturated carbocycles. The molecule has 31 heavy (non-hydrogen) atoms. The first-order valence-electron chi connectivity index (χ1n) is 11.4. The molecule has 0 amide bonds. The highest BCUT2D eigenvalue weighted by molar-refractivity contribution is 5.58. The number of aromatic hydroxyl groups is 1. The summed E-state index contributed by atoms with van der Waals surface area (Å²) in [7, 11) is 0. The van der Waals surface area contributed by atoms with E-state index in [2.05, 4.69) is 102 Å². The van der Waals surface area contributed by atoms with Crippen LogP contribution in [0.25, 0.3) is 0 Å². The predicted molar refractivity (Wildman–Crippen MR) is 134 cm³/mol. The molecule has 2 aromatic rings. The highest BCUT2D eigenvalue weighted by atomic mass is 16.5. The lowest BCUT2D eigenvalue weighted by atomic mass is 9.78. The largest absolute Gasteiger partial charge is 0.507 e. The lowest BCUT2D eigenvalue weighted by molar-refractivity contribution is 0.390. The fourth-order valence-corrected chi connectivity index (χ4v) is 4.10. The van der Waals surface area contributed by atoms with Crippen molar-refractivity contribution in [2.45, 2.75) is 112 Å². The summed E-state index contributed by atoms with van der Waals surface area (Å²) in [4.78, 5) is 0. The first kappa shape index (κ1) is 25.3. The summed E-state index contributed by atoms with van der Waals surface area (Å²) in [6.07, 6.45) is 0. The van der Waals surface area contributed by atoms with Crippen molar-refractivity contribution in [2.75, 3.05) is 0 Å². The van der Waals surface area contributed by atoms with Gasteiger partial charge in [-0.15, -0.1) is 0 Å². The molecule has 0 bridgehead atoms. The Morgan fingerprint density at radius 2 is 1.03 bits per heavy atom. The molecule has 0 saturated heterocycles. The van der Waals surface area contributed by atoms with Crippen molar-refractivity contribution in [3.8, 4) is 17.2 Å². The maximum atomic E-state index is 11.3. The topological polar surface area (TPSA) is 29.5 Å². The van der Waals surface area contributed by atoms with Gasteiger partial charge in [0, 0.05) is 16.7 Å². The number of ether oxygens (including phenoxy) is 1. The van der Waals surface area contributed by atoms with Crippen LogP contribution in [0.3, 0.4) is 0 Å². The van der Waals surface area contributed by atoms with Gasteiger partial charge in [-0.3, -0.25) is 0 Å². The Labute approximate surface area is 191 Å². The van der Waals surface area contributed by atoms with Gasteiger partial charge >= 0.3 is 0 Å². The van der Waals surface area contributed by atoms with Crippen LogP contribution in [-0.4, -0.2) is 5.11 Å². The zero-order valence-corrected chi connectivity index (χ0v) is 22.2. The minimum atomic E-state index is -0.269. The molecule has 2 rings (SSSR count). The fourth-order valence-electron chi connectivity index (χ4n) is 4.10. The maximum absolute atomic E-state index is 11.3. The quantitative estimate of drug-likeness (QED) is 0.522. The number of rotatable bonds is 2. The van der Waals surface area contributed by atoms with Gasteiger partial charge in [0.2, 0.25) is 0 Å². The zero-order valence-electron chi connectivity index (χ0n) is 22.2. The van der Waals surface area contributed by atoms with Crippen LogP contribution < -0.4 is 4.74 Å². The molecule has 0 atom stereocenters. The normalized spacial score (nSPS) is 13.5.